The molecular formula is C22H26BrNO2S. The molecule has 1 fully saturated rings. The second-order valence-electron chi connectivity index (χ2n) is 7.23. The van der Waals surface area contributed by atoms with Crippen molar-refractivity contribution >= 4 is 33.1 Å². The maximum Gasteiger partial charge on any atom is 0.162 e. The Labute approximate surface area is 175 Å². The standard InChI is InChI=1S/C22H26BrNO2S/c1-15-4-6-17(7-5-15)14-26-21-13-19(23)18(12-20(21)25-3)22(27)24-10-8-16(2)9-11-24/h4-7,12-13,16H,8-11,14H2,1-3H3. The molecule has 144 valence electrons. The third kappa shape index (κ3) is 5.02. The molecule has 0 saturated carbocycles. The number of rotatable bonds is 5. The number of piperidine rings is 1. The number of ether oxygens (including phenoxy) is 2. The Morgan fingerprint density at radius 1 is 1.15 bits per heavy atom. The van der Waals surface area contributed by atoms with Gasteiger partial charge in [0.15, 0.2) is 11.5 Å². The van der Waals surface area contributed by atoms with Gasteiger partial charge < -0.3 is 14.4 Å². The average Bonchev–Trinajstić information content (AvgIpc) is 2.67. The summed E-state index contributed by atoms with van der Waals surface area (Å²) in [4.78, 5) is 3.17. The van der Waals surface area contributed by atoms with Gasteiger partial charge in [-0.05, 0) is 59.3 Å². The summed E-state index contributed by atoms with van der Waals surface area (Å²) in [5.41, 5.74) is 3.35. The van der Waals surface area contributed by atoms with Crippen molar-refractivity contribution in [3.05, 3.63) is 57.6 Å². The van der Waals surface area contributed by atoms with Gasteiger partial charge in [-0.2, -0.15) is 0 Å². The first-order valence-electron chi connectivity index (χ1n) is 9.33. The summed E-state index contributed by atoms with van der Waals surface area (Å²) in [6.45, 7) is 6.91. The summed E-state index contributed by atoms with van der Waals surface area (Å²) < 4.78 is 12.5. The molecule has 27 heavy (non-hydrogen) atoms. The van der Waals surface area contributed by atoms with E-state index in [1.54, 1.807) is 7.11 Å². The van der Waals surface area contributed by atoms with Gasteiger partial charge in [0.25, 0.3) is 0 Å². The van der Waals surface area contributed by atoms with Crippen molar-refractivity contribution in [3.63, 3.8) is 0 Å². The van der Waals surface area contributed by atoms with E-state index in [1.807, 2.05) is 12.1 Å². The van der Waals surface area contributed by atoms with Crippen LogP contribution in [0.2, 0.25) is 0 Å². The molecular weight excluding hydrogens is 422 g/mol. The van der Waals surface area contributed by atoms with Crippen LogP contribution in [0.25, 0.3) is 0 Å². The van der Waals surface area contributed by atoms with E-state index < -0.39 is 0 Å². The van der Waals surface area contributed by atoms with Crippen LogP contribution in [0, 0.1) is 12.8 Å². The molecule has 3 nitrogen and oxygen atoms in total. The average molecular weight is 448 g/mol. The largest absolute Gasteiger partial charge is 0.493 e. The summed E-state index contributed by atoms with van der Waals surface area (Å²) in [7, 11) is 1.66. The van der Waals surface area contributed by atoms with Crippen LogP contribution < -0.4 is 9.47 Å². The Balaban J connectivity index is 1.76. The lowest BCUT2D eigenvalue weighted by atomic mass is 9.99. The van der Waals surface area contributed by atoms with Crippen LogP contribution in [0.15, 0.2) is 40.9 Å². The van der Waals surface area contributed by atoms with Crippen molar-refractivity contribution in [3.8, 4) is 11.5 Å². The summed E-state index contributed by atoms with van der Waals surface area (Å²) in [6, 6.07) is 12.3. The van der Waals surface area contributed by atoms with Crippen LogP contribution in [0.1, 0.15) is 36.5 Å². The Bertz CT molecular complexity index is 799. The second kappa shape index (κ2) is 9.07. The van der Waals surface area contributed by atoms with E-state index in [-0.39, 0.29) is 0 Å². The number of methoxy groups -OCH3 is 1. The Kier molecular flexibility index (Phi) is 6.77. The van der Waals surface area contributed by atoms with Gasteiger partial charge in [-0.25, -0.2) is 0 Å². The first-order chi connectivity index (χ1) is 13.0. The number of nitrogens with zero attached hydrogens (tertiary/aromatic N) is 1. The maximum absolute atomic E-state index is 6.02. The lowest BCUT2D eigenvalue weighted by Crippen LogP contribution is -2.37. The number of likely N-dealkylation sites (tertiary alicyclic amines) is 1. The normalized spacial score (nSPS) is 14.9. The lowest BCUT2D eigenvalue weighted by molar-refractivity contribution is 0.282. The molecule has 2 aromatic carbocycles. The number of thiocarbonyl (C=S) groups is 1. The Hall–Kier alpha value is -1.59. The highest BCUT2D eigenvalue weighted by molar-refractivity contribution is 9.10. The molecule has 1 aliphatic rings. The van der Waals surface area contributed by atoms with E-state index >= 15 is 0 Å². The van der Waals surface area contributed by atoms with Gasteiger partial charge in [0.1, 0.15) is 11.6 Å². The van der Waals surface area contributed by atoms with Crippen molar-refractivity contribution < 1.29 is 9.47 Å². The molecule has 0 amide bonds. The predicted molar refractivity (Wildman–Crippen MR) is 118 cm³/mol. The number of aryl methyl sites for hydroxylation is 1. The van der Waals surface area contributed by atoms with E-state index in [4.69, 9.17) is 21.7 Å². The van der Waals surface area contributed by atoms with E-state index in [2.05, 4.69) is 58.9 Å². The zero-order chi connectivity index (χ0) is 19.4. The summed E-state index contributed by atoms with van der Waals surface area (Å²) >= 11 is 9.45. The molecule has 1 aliphatic heterocycles. The fraction of sp³-hybridized carbons (Fsp3) is 0.409. The third-order valence-electron chi connectivity index (χ3n) is 5.07. The van der Waals surface area contributed by atoms with Crippen molar-refractivity contribution in [2.75, 3.05) is 20.2 Å². The van der Waals surface area contributed by atoms with Crippen LogP contribution in [-0.4, -0.2) is 30.1 Å². The highest BCUT2D eigenvalue weighted by atomic mass is 79.9. The minimum absolute atomic E-state index is 0.497. The smallest absolute Gasteiger partial charge is 0.162 e. The van der Waals surface area contributed by atoms with Crippen molar-refractivity contribution in [2.45, 2.75) is 33.3 Å². The van der Waals surface area contributed by atoms with Crippen molar-refractivity contribution in [2.24, 2.45) is 5.92 Å². The molecule has 5 heteroatoms. The van der Waals surface area contributed by atoms with Crippen LogP contribution >= 0.6 is 28.1 Å². The van der Waals surface area contributed by atoms with Gasteiger partial charge in [0.2, 0.25) is 0 Å². The zero-order valence-electron chi connectivity index (χ0n) is 16.1. The first-order valence-corrected chi connectivity index (χ1v) is 10.5. The van der Waals surface area contributed by atoms with Gasteiger partial charge in [-0.3, -0.25) is 0 Å². The molecule has 2 aromatic rings. The van der Waals surface area contributed by atoms with Crippen LogP contribution in [0.3, 0.4) is 0 Å². The van der Waals surface area contributed by atoms with Gasteiger partial charge in [0.05, 0.1) is 7.11 Å². The van der Waals surface area contributed by atoms with E-state index in [0.29, 0.717) is 18.1 Å². The topological polar surface area (TPSA) is 21.7 Å². The minimum atomic E-state index is 0.497. The van der Waals surface area contributed by atoms with Gasteiger partial charge >= 0.3 is 0 Å². The predicted octanol–water partition coefficient (Wildman–Crippen LogP) is 5.75. The lowest BCUT2D eigenvalue weighted by Gasteiger charge is -2.32. The Morgan fingerprint density at radius 3 is 2.44 bits per heavy atom. The summed E-state index contributed by atoms with van der Waals surface area (Å²) in [6.07, 6.45) is 2.37. The molecule has 0 N–H and O–H groups in total. The van der Waals surface area contributed by atoms with E-state index in [9.17, 15) is 0 Å². The van der Waals surface area contributed by atoms with Gasteiger partial charge in [-0.1, -0.05) is 49.0 Å². The Morgan fingerprint density at radius 2 is 1.81 bits per heavy atom. The number of benzene rings is 2. The van der Waals surface area contributed by atoms with Gasteiger partial charge in [0, 0.05) is 23.1 Å². The number of halogens is 1. The van der Waals surface area contributed by atoms with E-state index in [0.717, 1.165) is 39.6 Å². The number of hydrogen-bond donors (Lipinski definition) is 0. The van der Waals surface area contributed by atoms with Crippen LogP contribution in [-0.2, 0) is 6.61 Å². The molecule has 1 heterocycles. The summed E-state index contributed by atoms with van der Waals surface area (Å²) in [5, 5.41) is 0. The monoisotopic (exact) mass is 447 g/mol. The summed E-state index contributed by atoms with van der Waals surface area (Å²) in [5.74, 6) is 2.19. The molecule has 0 aromatic heterocycles. The number of hydrogen-bond acceptors (Lipinski definition) is 3. The molecule has 0 radical (unpaired) electrons. The maximum atomic E-state index is 6.02. The second-order valence-corrected chi connectivity index (χ2v) is 8.47. The molecule has 1 saturated heterocycles. The van der Waals surface area contributed by atoms with Gasteiger partial charge in [-0.15, -0.1) is 0 Å². The first kappa shape index (κ1) is 20.2. The van der Waals surface area contributed by atoms with Crippen LogP contribution in [0.4, 0.5) is 0 Å². The molecule has 3 rings (SSSR count). The highest BCUT2D eigenvalue weighted by Crippen LogP contribution is 2.35. The molecule has 0 aliphatic carbocycles. The quantitative estimate of drug-likeness (QED) is 0.543. The molecule has 0 unspecified atom stereocenters. The highest BCUT2D eigenvalue weighted by Gasteiger charge is 2.22. The van der Waals surface area contributed by atoms with Crippen molar-refractivity contribution in [1.29, 1.82) is 0 Å². The minimum Gasteiger partial charge on any atom is -0.493 e. The molecule has 0 bridgehead atoms. The fourth-order valence-electron chi connectivity index (χ4n) is 3.20. The SMILES string of the molecule is COc1cc(C(=S)N2CCC(C)CC2)c(Br)cc1OCc1ccc(C)cc1. The zero-order valence-corrected chi connectivity index (χ0v) is 18.5. The van der Waals surface area contributed by atoms with Crippen molar-refractivity contribution in [1.82, 2.24) is 4.90 Å². The van der Waals surface area contributed by atoms with Crippen LogP contribution in [0.5, 0.6) is 11.5 Å². The molecule has 0 spiro atoms. The molecule has 0 atom stereocenters. The van der Waals surface area contributed by atoms with E-state index in [1.165, 1.54) is 18.4 Å². The third-order valence-corrected chi connectivity index (χ3v) is 6.20. The fourth-order valence-corrected chi connectivity index (χ4v) is 4.19.